The normalized spacial score (nSPS) is 33.8. The van der Waals surface area contributed by atoms with Crippen molar-refractivity contribution in [2.45, 2.75) is 38.3 Å². The van der Waals surface area contributed by atoms with Crippen LogP contribution in [0.1, 0.15) is 31.4 Å². The number of fused-ring (bicyclic) bond motifs is 2. The van der Waals surface area contributed by atoms with E-state index in [9.17, 15) is 0 Å². The van der Waals surface area contributed by atoms with Gasteiger partial charge in [0, 0.05) is 6.04 Å². The lowest BCUT2D eigenvalue weighted by molar-refractivity contribution is 0.336. The Bertz CT molecular complexity index is 349. The van der Waals surface area contributed by atoms with E-state index in [0.717, 1.165) is 34.9 Å². The number of furan rings is 1. The van der Waals surface area contributed by atoms with E-state index in [0.29, 0.717) is 0 Å². The molecule has 82 valence electrons. The van der Waals surface area contributed by atoms with Gasteiger partial charge in [0.05, 0.1) is 6.54 Å². The predicted octanol–water partition coefficient (Wildman–Crippen LogP) is 3.32. The van der Waals surface area contributed by atoms with Crippen LogP contribution >= 0.6 is 15.9 Å². The second-order valence-corrected chi connectivity index (χ2v) is 5.65. The van der Waals surface area contributed by atoms with Crippen LogP contribution in [0.3, 0.4) is 0 Å². The molecule has 0 amide bonds. The molecule has 0 radical (unpaired) electrons. The second-order valence-electron chi connectivity index (χ2n) is 4.87. The minimum absolute atomic E-state index is 0.743. The highest BCUT2D eigenvalue weighted by Crippen LogP contribution is 2.44. The van der Waals surface area contributed by atoms with Crippen molar-refractivity contribution in [3.63, 3.8) is 0 Å². The molecule has 2 aliphatic carbocycles. The molecular weight excluding hydrogens is 254 g/mol. The van der Waals surface area contributed by atoms with Gasteiger partial charge in [-0.05, 0) is 59.2 Å². The summed E-state index contributed by atoms with van der Waals surface area (Å²) in [5.41, 5.74) is 0. The first-order chi connectivity index (χ1) is 7.31. The zero-order chi connectivity index (χ0) is 10.3. The summed E-state index contributed by atoms with van der Waals surface area (Å²) in [6, 6.07) is 4.73. The Hall–Kier alpha value is -0.280. The number of hydrogen-bond acceptors (Lipinski definition) is 2. The summed E-state index contributed by atoms with van der Waals surface area (Å²) in [6.45, 7) is 0.874. The molecule has 3 heteroatoms. The van der Waals surface area contributed by atoms with E-state index in [1.165, 1.54) is 25.7 Å². The number of nitrogens with one attached hydrogen (secondary N) is 1. The van der Waals surface area contributed by atoms with Gasteiger partial charge >= 0.3 is 0 Å². The minimum atomic E-state index is 0.743. The molecule has 0 spiro atoms. The van der Waals surface area contributed by atoms with Gasteiger partial charge in [-0.3, -0.25) is 0 Å². The Labute approximate surface area is 98.6 Å². The van der Waals surface area contributed by atoms with E-state index in [2.05, 4.69) is 21.2 Å². The first-order valence-corrected chi connectivity index (χ1v) is 6.58. The van der Waals surface area contributed by atoms with Crippen molar-refractivity contribution in [2.75, 3.05) is 0 Å². The first kappa shape index (κ1) is 9.91. The van der Waals surface area contributed by atoms with Gasteiger partial charge in [-0.15, -0.1) is 0 Å². The highest BCUT2D eigenvalue weighted by molar-refractivity contribution is 9.10. The maximum absolute atomic E-state index is 5.48. The van der Waals surface area contributed by atoms with Crippen molar-refractivity contribution in [2.24, 2.45) is 11.8 Å². The fourth-order valence-electron chi connectivity index (χ4n) is 3.17. The molecule has 1 N–H and O–H groups in total. The van der Waals surface area contributed by atoms with Gasteiger partial charge in [-0.2, -0.15) is 0 Å². The van der Waals surface area contributed by atoms with Crippen molar-refractivity contribution in [1.29, 1.82) is 0 Å². The minimum Gasteiger partial charge on any atom is -0.453 e. The molecule has 1 heterocycles. The molecule has 15 heavy (non-hydrogen) atoms. The smallest absolute Gasteiger partial charge is 0.169 e. The molecular formula is C12H16BrNO. The third-order valence-corrected chi connectivity index (χ3v) is 4.33. The topological polar surface area (TPSA) is 25.2 Å². The molecule has 1 aromatic heterocycles. The summed E-state index contributed by atoms with van der Waals surface area (Å²) in [7, 11) is 0. The molecule has 3 atom stereocenters. The van der Waals surface area contributed by atoms with Gasteiger partial charge in [-0.25, -0.2) is 0 Å². The van der Waals surface area contributed by atoms with Crippen molar-refractivity contribution in [3.05, 3.63) is 22.6 Å². The average molecular weight is 270 g/mol. The largest absolute Gasteiger partial charge is 0.453 e. The van der Waals surface area contributed by atoms with Crippen LogP contribution in [0.5, 0.6) is 0 Å². The Morgan fingerprint density at radius 3 is 2.87 bits per heavy atom. The van der Waals surface area contributed by atoms with E-state index in [4.69, 9.17) is 4.42 Å². The average Bonchev–Trinajstić information content (AvgIpc) is 2.90. The van der Waals surface area contributed by atoms with Crippen LogP contribution in [0, 0.1) is 11.8 Å². The van der Waals surface area contributed by atoms with Crippen LogP contribution in [0.15, 0.2) is 21.2 Å². The Morgan fingerprint density at radius 1 is 1.33 bits per heavy atom. The maximum atomic E-state index is 5.48. The molecule has 3 rings (SSSR count). The van der Waals surface area contributed by atoms with Crippen molar-refractivity contribution >= 4 is 15.9 Å². The van der Waals surface area contributed by atoms with E-state index in [1.54, 1.807) is 0 Å². The van der Waals surface area contributed by atoms with E-state index in [-0.39, 0.29) is 0 Å². The van der Waals surface area contributed by atoms with Gasteiger partial charge in [0.15, 0.2) is 4.67 Å². The number of halogens is 1. The lowest BCUT2D eigenvalue weighted by atomic mass is 9.95. The van der Waals surface area contributed by atoms with Crippen molar-refractivity contribution in [3.8, 4) is 0 Å². The Kier molecular flexibility index (Phi) is 2.61. The van der Waals surface area contributed by atoms with Crippen LogP contribution < -0.4 is 5.32 Å². The molecule has 2 fully saturated rings. The van der Waals surface area contributed by atoms with Crippen LogP contribution in [-0.2, 0) is 6.54 Å². The predicted molar refractivity (Wildman–Crippen MR) is 62.5 cm³/mol. The molecule has 0 saturated heterocycles. The van der Waals surface area contributed by atoms with Gasteiger partial charge in [0.25, 0.3) is 0 Å². The van der Waals surface area contributed by atoms with Crippen molar-refractivity contribution < 1.29 is 4.42 Å². The van der Waals surface area contributed by atoms with Crippen molar-refractivity contribution in [1.82, 2.24) is 5.32 Å². The van der Waals surface area contributed by atoms with Gasteiger partial charge < -0.3 is 9.73 Å². The van der Waals surface area contributed by atoms with Crippen LogP contribution in [0.25, 0.3) is 0 Å². The summed E-state index contributed by atoms with van der Waals surface area (Å²) in [6.07, 6.45) is 5.74. The van der Waals surface area contributed by atoms with E-state index in [1.807, 2.05) is 12.1 Å². The molecule has 3 unspecified atom stereocenters. The first-order valence-electron chi connectivity index (χ1n) is 5.79. The van der Waals surface area contributed by atoms with Gasteiger partial charge in [0.1, 0.15) is 5.76 Å². The number of rotatable bonds is 3. The Morgan fingerprint density at radius 2 is 2.27 bits per heavy atom. The standard InChI is InChI=1S/C12H16BrNO/c13-12-4-3-10(15-12)7-14-11-6-8-1-2-9(11)5-8/h3-4,8-9,11,14H,1-2,5-7H2. The third-order valence-electron chi connectivity index (χ3n) is 3.91. The quantitative estimate of drug-likeness (QED) is 0.911. The van der Waals surface area contributed by atoms with E-state index < -0.39 is 0 Å². The summed E-state index contributed by atoms with van der Waals surface area (Å²) < 4.78 is 6.30. The van der Waals surface area contributed by atoms with Crippen LogP contribution in [0.4, 0.5) is 0 Å². The number of hydrogen-bond donors (Lipinski definition) is 1. The maximum Gasteiger partial charge on any atom is 0.169 e. The highest BCUT2D eigenvalue weighted by Gasteiger charge is 2.39. The third kappa shape index (κ3) is 2.00. The summed E-state index contributed by atoms with van der Waals surface area (Å²) in [5, 5.41) is 3.63. The summed E-state index contributed by atoms with van der Waals surface area (Å²) in [4.78, 5) is 0. The van der Waals surface area contributed by atoms with Crippen LogP contribution in [-0.4, -0.2) is 6.04 Å². The SMILES string of the molecule is Brc1ccc(CNC2CC3CCC2C3)o1. The fraction of sp³-hybridized carbons (Fsp3) is 0.667. The molecule has 2 bridgehead atoms. The fourth-order valence-corrected chi connectivity index (χ4v) is 3.51. The zero-order valence-electron chi connectivity index (χ0n) is 8.71. The molecule has 1 aromatic rings. The molecule has 2 nitrogen and oxygen atoms in total. The zero-order valence-corrected chi connectivity index (χ0v) is 10.3. The van der Waals surface area contributed by atoms with Gasteiger partial charge in [-0.1, -0.05) is 6.42 Å². The van der Waals surface area contributed by atoms with E-state index >= 15 is 0 Å². The molecule has 2 saturated carbocycles. The van der Waals surface area contributed by atoms with Gasteiger partial charge in [0.2, 0.25) is 0 Å². The lowest BCUT2D eigenvalue weighted by Gasteiger charge is -2.22. The molecule has 2 aliphatic rings. The second kappa shape index (κ2) is 3.95. The molecule has 0 aromatic carbocycles. The highest BCUT2D eigenvalue weighted by atomic mass is 79.9. The van der Waals surface area contributed by atoms with Crippen LogP contribution in [0.2, 0.25) is 0 Å². The molecule has 0 aliphatic heterocycles. The Balaban J connectivity index is 1.54. The monoisotopic (exact) mass is 269 g/mol. The summed E-state index contributed by atoms with van der Waals surface area (Å²) in [5.74, 6) is 2.98. The lowest BCUT2D eigenvalue weighted by Crippen LogP contribution is -2.33. The summed E-state index contributed by atoms with van der Waals surface area (Å²) >= 11 is 3.32.